The van der Waals surface area contributed by atoms with Crippen LogP contribution in [0.15, 0.2) is 0 Å². The molecule has 0 atom stereocenters. The first-order valence-electron chi connectivity index (χ1n) is 3.64. The molecule has 1 heterocycles. The molecule has 0 aromatic heterocycles. The van der Waals surface area contributed by atoms with Crippen molar-refractivity contribution in [1.82, 2.24) is 0 Å². The normalized spacial score (nSPS) is 21.0. The summed E-state index contributed by atoms with van der Waals surface area (Å²) in [7, 11) is 0. The average molecular weight is 142 g/mol. The topological polar surface area (TPSA) is 29.3 Å². The highest BCUT2D eigenvalue weighted by molar-refractivity contribution is 5.24. The Morgan fingerprint density at radius 3 is 2.90 bits per heavy atom. The first kappa shape index (κ1) is 7.45. The highest BCUT2D eigenvalue weighted by Gasteiger charge is 2.07. The van der Waals surface area contributed by atoms with Gasteiger partial charge in [0, 0.05) is 13.0 Å². The quantitative estimate of drug-likeness (QED) is 0.356. The molecule has 1 saturated heterocycles. The minimum Gasteiger partial charge on any atom is -0.375 e. The molecule has 1 aliphatic heterocycles. The van der Waals surface area contributed by atoms with Crippen molar-refractivity contribution in [2.45, 2.75) is 12.8 Å². The van der Waals surface area contributed by atoms with Crippen LogP contribution < -0.4 is 0 Å². The van der Waals surface area contributed by atoms with E-state index < -0.39 is 0 Å². The summed E-state index contributed by atoms with van der Waals surface area (Å²) in [6.45, 7) is 3.04. The molecular weight excluding hydrogens is 130 g/mol. The van der Waals surface area contributed by atoms with Gasteiger partial charge in [0.15, 0.2) is 13.1 Å². The average Bonchev–Trinajstić information content (AvgIpc) is 1.87. The minimum atomic E-state index is 0.662. The van der Waals surface area contributed by atoms with Crippen molar-refractivity contribution in [2.24, 2.45) is 0 Å². The van der Waals surface area contributed by atoms with Crippen LogP contribution in [0.4, 0.5) is 0 Å². The molecule has 0 unspecified atom stereocenters. The van der Waals surface area contributed by atoms with Crippen LogP contribution in [0.3, 0.4) is 0 Å². The Morgan fingerprint density at radius 2 is 2.10 bits per heavy atom. The lowest BCUT2D eigenvalue weighted by atomic mass is 10.3. The molecule has 3 heteroatoms. The summed E-state index contributed by atoms with van der Waals surface area (Å²) in [5.41, 5.74) is 0. The van der Waals surface area contributed by atoms with E-state index in [-0.39, 0.29) is 0 Å². The number of hydrogen-bond donors (Lipinski definition) is 0. The Morgan fingerprint density at radius 1 is 1.20 bits per heavy atom. The first-order valence-corrected chi connectivity index (χ1v) is 3.64. The van der Waals surface area contributed by atoms with Crippen molar-refractivity contribution in [3.8, 4) is 0 Å². The van der Waals surface area contributed by atoms with Gasteiger partial charge in [0.2, 0.25) is 0 Å². The van der Waals surface area contributed by atoms with E-state index in [1.165, 1.54) is 0 Å². The second kappa shape index (κ2) is 4.20. The third-order valence-electron chi connectivity index (χ3n) is 1.60. The van der Waals surface area contributed by atoms with E-state index in [2.05, 4.69) is 0 Å². The summed E-state index contributed by atoms with van der Waals surface area (Å²) in [4.78, 5) is 10.2. The molecule has 1 rings (SSSR count). The van der Waals surface area contributed by atoms with Gasteiger partial charge >= 0.3 is 6.08 Å². The summed E-state index contributed by atoms with van der Waals surface area (Å²) in [6.07, 6.45) is 3.97. The monoisotopic (exact) mass is 142 g/mol. The maximum Gasteiger partial charge on any atom is 0.424 e. The molecular formula is C7H12NO2+. The fourth-order valence-electron chi connectivity index (χ4n) is 0.987. The van der Waals surface area contributed by atoms with Crippen LogP contribution in [0.25, 0.3) is 0 Å². The SMILES string of the molecule is O=C=[N+]1CCCCOCC1. The van der Waals surface area contributed by atoms with Gasteiger partial charge < -0.3 is 4.74 Å². The number of nitrogens with zero attached hydrogens (tertiary/aromatic N) is 1. The molecule has 0 spiro atoms. The smallest absolute Gasteiger partial charge is 0.375 e. The van der Waals surface area contributed by atoms with Crippen molar-refractivity contribution in [3.63, 3.8) is 0 Å². The van der Waals surface area contributed by atoms with Crippen molar-refractivity contribution in [1.29, 1.82) is 0 Å². The number of hydrogen-bond acceptors (Lipinski definition) is 2. The summed E-state index contributed by atoms with van der Waals surface area (Å²) in [5.74, 6) is 0. The van der Waals surface area contributed by atoms with Crippen LogP contribution in [0.2, 0.25) is 0 Å². The maximum absolute atomic E-state index is 10.2. The van der Waals surface area contributed by atoms with Gasteiger partial charge in [-0.25, -0.2) is 0 Å². The van der Waals surface area contributed by atoms with E-state index >= 15 is 0 Å². The predicted molar refractivity (Wildman–Crippen MR) is 35.7 cm³/mol. The van der Waals surface area contributed by atoms with Gasteiger partial charge in [0.25, 0.3) is 0 Å². The largest absolute Gasteiger partial charge is 0.424 e. The van der Waals surface area contributed by atoms with E-state index in [1.54, 1.807) is 4.58 Å². The van der Waals surface area contributed by atoms with Crippen LogP contribution in [-0.2, 0) is 9.53 Å². The van der Waals surface area contributed by atoms with Crippen LogP contribution >= 0.6 is 0 Å². The van der Waals surface area contributed by atoms with Gasteiger partial charge in [0.05, 0.1) is 0 Å². The van der Waals surface area contributed by atoms with Gasteiger partial charge in [-0.05, 0) is 6.42 Å². The molecule has 0 bridgehead atoms. The lowest BCUT2D eigenvalue weighted by molar-refractivity contribution is -0.530. The molecule has 0 N–H and O–H groups in total. The Kier molecular flexibility index (Phi) is 3.13. The molecule has 0 radical (unpaired) electrons. The Balaban J connectivity index is 2.37. The van der Waals surface area contributed by atoms with Gasteiger partial charge in [-0.15, -0.1) is 0 Å². The van der Waals surface area contributed by atoms with Crippen molar-refractivity contribution in [3.05, 3.63) is 0 Å². The number of rotatable bonds is 0. The third kappa shape index (κ3) is 2.29. The molecule has 3 nitrogen and oxygen atoms in total. The van der Waals surface area contributed by atoms with E-state index in [9.17, 15) is 4.79 Å². The van der Waals surface area contributed by atoms with Gasteiger partial charge in [-0.2, -0.15) is 9.37 Å². The van der Waals surface area contributed by atoms with Crippen LogP contribution in [0.5, 0.6) is 0 Å². The van der Waals surface area contributed by atoms with Crippen molar-refractivity contribution < 1.29 is 14.1 Å². The van der Waals surface area contributed by atoms with E-state index in [1.807, 2.05) is 6.08 Å². The van der Waals surface area contributed by atoms with Crippen molar-refractivity contribution >= 4 is 6.08 Å². The lowest BCUT2D eigenvalue weighted by Crippen LogP contribution is -2.21. The lowest BCUT2D eigenvalue weighted by Gasteiger charge is -2.05. The van der Waals surface area contributed by atoms with Gasteiger partial charge in [-0.3, -0.25) is 0 Å². The Labute approximate surface area is 60.3 Å². The van der Waals surface area contributed by atoms with Crippen LogP contribution in [0.1, 0.15) is 12.8 Å². The molecule has 0 aromatic rings. The molecule has 56 valence electrons. The molecule has 1 aliphatic rings. The summed E-state index contributed by atoms with van der Waals surface area (Å²) >= 11 is 0. The Hall–Kier alpha value is -0.660. The molecule has 0 saturated carbocycles. The van der Waals surface area contributed by atoms with Crippen molar-refractivity contribution in [2.75, 3.05) is 26.3 Å². The molecule has 0 amide bonds. The molecule has 0 aliphatic carbocycles. The second-order valence-electron chi connectivity index (χ2n) is 2.40. The Bertz CT molecular complexity index is 140. The van der Waals surface area contributed by atoms with Gasteiger partial charge in [-0.1, -0.05) is 0 Å². The molecule has 0 aromatic carbocycles. The summed E-state index contributed by atoms with van der Waals surface area (Å²) < 4.78 is 6.82. The highest BCUT2D eigenvalue weighted by Crippen LogP contribution is 1.94. The fourth-order valence-corrected chi connectivity index (χ4v) is 0.987. The highest BCUT2D eigenvalue weighted by atomic mass is 16.5. The standard InChI is InChI=1S/C7H12NO2/c9-7-8-3-1-2-5-10-6-4-8/h1-6H2/q+1. The predicted octanol–water partition coefficient (Wildman–Crippen LogP) is 0.145. The minimum absolute atomic E-state index is 0.662. The zero-order valence-corrected chi connectivity index (χ0v) is 6.01. The molecule has 1 fully saturated rings. The second-order valence-corrected chi connectivity index (χ2v) is 2.40. The fraction of sp³-hybridized carbons (Fsp3) is 0.857. The van der Waals surface area contributed by atoms with E-state index in [0.29, 0.717) is 13.2 Å². The maximum atomic E-state index is 10.2. The first-order chi connectivity index (χ1) is 4.93. The third-order valence-corrected chi connectivity index (χ3v) is 1.60. The number of ether oxygens (including phenoxy) is 1. The zero-order chi connectivity index (χ0) is 7.23. The molecule has 10 heavy (non-hydrogen) atoms. The van der Waals surface area contributed by atoms with Gasteiger partial charge in [0.1, 0.15) is 6.61 Å². The van der Waals surface area contributed by atoms with Crippen LogP contribution in [-0.4, -0.2) is 37.0 Å². The summed E-state index contributed by atoms with van der Waals surface area (Å²) in [6, 6.07) is 0. The van der Waals surface area contributed by atoms with E-state index in [0.717, 1.165) is 26.0 Å². The van der Waals surface area contributed by atoms with Crippen LogP contribution in [0, 0.1) is 0 Å². The number of carbonyl (C=O) groups excluding carboxylic acids is 1. The number of isocyanates is 1. The summed E-state index contributed by atoms with van der Waals surface area (Å²) in [5, 5.41) is 0. The zero-order valence-electron chi connectivity index (χ0n) is 6.01. The van der Waals surface area contributed by atoms with E-state index in [4.69, 9.17) is 4.74 Å².